The van der Waals surface area contributed by atoms with E-state index in [4.69, 9.17) is 0 Å². The Kier molecular flexibility index (Phi) is 5.12. The van der Waals surface area contributed by atoms with Crippen molar-refractivity contribution >= 4 is 10.8 Å². The molecule has 1 aliphatic carbocycles. The minimum atomic E-state index is 0.881. The van der Waals surface area contributed by atoms with Crippen LogP contribution >= 0.6 is 0 Å². The van der Waals surface area contributed by atoms with E-state index in [9.17, 15) is 0 Å². The second kappa shape index (κ2) is 8.07. The summed E-state index contributed by atoms with van der Waals surface area (Å²) in [7, 11) is 2.16. The molecule has 0 N–H and O–H groups in total. The van der Waals surface area contributed by atoms with Crippen LogP contribution in [0, 0.1) is 12.8 Å². The van der Waals surface area contributed by atoms with Crippen molar-refractivity contribution in [3.63, 3.8) is 0 Å². The molecule has 0 radical (unpaired) electrons. The van der Waals surface area contributed by atoms with Crippen LogP contribution in [-0.4, -0.2) is 0 Å². The minimum absolute atomic E-state index is 0.881. The van der Waals surface area contributed by atoms with Crippen LogP contribution in [0.4, 0.5) is 0 Å². The van der Waals surface area contributed by atoms with Crippen molar-refractivity contribution in [2.24, 2.45) is 13.0 Å². The molecule has 0 saturated heterocycles. The van der Waals surface area contributed by atoms with Gasteiger partial charge in [0, 0.05) is 6.07 Å². The van der Waals surface area contributed by atoms with Gasteiger partial charge in [-0.05, 0) is 59.0 Å². The first-order chi connectivity index (χ1) is 14.7. The highest BCUT2D eigenvalue weighted by Gasteiger charge is 2.19. The Balaban J connectivity index is 1.60. The molecular formula is C29H30N+. The topological polar surface area (TPSA) is 3.88 Å². The maximum absolute atomic E-state index is 2.42. The highest BCUT2D eigenvalue weighted by molar-refractivity contribution is 5.94. The van der Waals surface area contributed by atoms with Crippen LogP contribution in [0.15, 0.2) is 79.0 Å². The highest BCUT2D eigenvalue weighted by Crippen LogP contribution is 2.33. The molecule has 150 valence electrons. The molecule has 1 aromatic heterocycles. The lowest BCUT2D eigenvalue weighted by Gasteiger charge is -2.12. The molecule has 1 heteroatoms. The monoisotopic (exact) mass is 392 g/mol. The Morgan fingerprint density at radius 2 is 1.63 bits per heavy atom. The Bertz CT molecular complexity index is 1180. The van der Waals surface area contributed by atoms with E-state index in [1.807, 2.05) is 0 Å². The lowest BCUT2D eigenvalue weighted by Crippen LogP contribution is -2.30. The van der Waals surface area contributed by atoms with Crippen molar-refractivity contribution in [1.82, 2.24) is 0 Å². The third-order valence-corrected chi connectivity index (χ3v) is 6.80. The number of hydrogen-bond donors (Lipinski definition) is 0. The zero-order valence-electron chi connectivity index (χ0n) is 18.1. The summed E-state index contributed by atoms with van der Waals surface area (Å²) >= 11 is 0. The number of aromatic nitrogens is 1. The van der Waals surface area contributed by atoms with E-state index < -0.39 is 0 Å². The fraction of sp³-hybridized carbons (Fsp3) is 0.276. The van der Waals surface area contributed by atoms with E-state index in [0.717, 1.165) is 5.92 Å². The molecule has 5 rings (SSSR count). The first kappa shape index (κ1) is 19.1. The molecule has 0 amide bonds. The van der Waals surface area contributed by atoms with Crippen LogP contribution in [0.3, 0.4) is 0 Å². The molecule has 3 aromatic carbocycles. The summed E-state index contributed by atoms with van der Waals surface area (Å²) in [4.78, 5) is 0. The average Bonchev–Trinajstić information content (AvgIpc) is 3.28. The summed E-state index contributed by atoms with van der Waals surface area (Å²) < 4.78 is 2.27. The maximum Gasteiger partial charge on any atom is 0.220 e. The fourth-order valence-electron chi connectivity index (χ4n) is 5.12. The van der Waals surface area contributed by atoms with Crippen molar-refractivity contribution in [1.29, 1.82) is 0 Å². The van der Waals surface area contributed by atoms with Gasteiger partial charge in [0.1, 0.15) is 7.05 Å². The van der Waals surface area contributed by atoms with E-state index in [0.29, 0.717) is 0 Å². The number of benzene rings is 3. The van der Waals surface area contributed by atoms with Gasteiger partial charge in [-0.25, -0.2) is 4.57 Å². The van der Waals surface area contributed by atoms with Crippen LogP contribution in [0.2, 0.25) is 0 Å². The predicted octanol–water partition coefficient (Wildman–Crippen LogP) is 7.04. The van der Waals surface area contributed by atoms with Crippen LogP contribution in [-0.2, 0) is 13.5 Å². The predicted molar refractivity (Wildman–Crippen MR) is 126 cm³/mol. The smallest absolute Gasteiger partial charge is 0.200 e. The number of pyridine rings is 1. The maximum atomic E-state index is 2.42. The van der Waals surface area contributed by atoms with Gasteiger partial charge < -0.3 is 0 Å². The van der Waals surface area contributed by atoms with Gasteiger partial charge in [-0.2, -0.15) is 0 Å². The van der Waals surface area contributed by atoms with Gasteiger partial charge in [0.15, 0.2) is 6.20 Å². The first-order valence-electron chi connectivity index (χ1n) is 11.3. The quantitative estimate of drug-likeness (QED) is 0.328. The largest absolute Gasteiger partial charge is 0.220 e. The molecule has 0 aliphatic heterocycles. The third-order valence-electron chi connectivity index (χ3n) is 6.80. The van der Waals surface area contributed by atoms with Gasteiger partial charge in [-0.15, -0.1) is 0 Å². The van der Waals surface area contributed by atoms with Gasteiger partial charge in [0.2, 0.25) is 5.69 Å². The molecule has 0 unspecified atom stereocenters. The zero-order chi connectivity index (χ0) is 20.5. The van der Waals surface area contributed by atoms with Crippen molar-refractivity contribution < 1.29 is 4.57 Å². The Morgan fingerprint density at radius 1 is 0.833 bits per heavy atom. The molecule has 1 fully saturated rings. The summed E-state index contributed by atoms with van der Waals surface area (Å²) in [6.07, 6.45) is 9.07. The standard InChI is InChI=1S/C29H30N/c1-21-12-14-25(24-10-4-3-5-11-24)20-28(21)29-27-15-13-23(18-22-8-6-7-9-22)19-26(27)16-17-30(29)2/h3-5,10-17,19-20,22H,6-9,18H2,1-2H3/q+1. The lowest BCUT2D eigenvalue weighted by atomic mass is 9.93. The molecule has 1 saturated carbocycles. The van der Waals surface area contributed by atoms with E-state index in [1.54, 1.807) is 0 Å². The number of nitrogens with zero attached hydrogens (tertiary/aromatic N) is 1. The van der Waals surface area contributed by atoms with E-state index in [-0.39, 0.29) is 0 Å². The molecular weight excluding hydrogens is 362 g/mol. The van der Waals surface area contributed by atoms with Crippen molar-refractivity contribution in [3.05, 3.63) is 90.1 Å². The average molecular weight is 393 g/mol. The van der Waals surface area contributed by atoms with Gasteiger partial charge in [-0.3, -0.25) is 0 Å². The minimum Gasteiger partial charge on any atom is -0.200 e. The number of hydrogen-bond acceptors (Lipinski definition) is 0. The van der Waals surface area contributed by atoms with Crippen molar-refractivity contribution in [3.8, 4) is 22.4 Å². The van der Waals surface area contributed by atoms with Crippen LogP contribution in [0.25, 0.3) is 33.2 Å². The van der Waals surface area contributed by atoms with Crippen LogP contribution in [0.1, 0.15) is 36.8 Å². The van der Waals surface area contributed by atoms with Gasteiger partial charge in [-0.1, -0.05) is 80.3 Å². The van der Waals surface area contributed by atoms with Crippen LogP contribution in [0.5, 0.6) is 0 Å². The zero-order valence-corrected chi connectivity index (χ0v) is 18.1. The number of fused-ring (bicyclic) bond motifs is 1. The van der Waals surface area contributed by atoms with Gasteiger partial charge >= 0.3 is 0 Å². The normalized spacial score (nSPS) is 14.5. The molecule has 4 aromatic rings. The second-order valence-corrected chi connectivity index (χ2v) is 8.95. The van der Waals surface area contributed by atoms with E-state index >= 15 is 0 Å². The van der Waals surface area contributed by atoms with Gasteiger partial charge in [0.25, 0.3) is 0 Å². The first-order valence-corrected chi connectivity index (χ1v) is 11.3. The summed E-state index contributed by atoms with van der Waals surface area (Å²) in [5.41, 5.74) is 7.95. The summed E-state index contributed by atoms with van der Waals surface area (Å²) in [6, 6.07) is 26.9. The number of aryl methyl sites for hydroxylation is 2. The highest BCUT2D eigenvalue weighted by atomic mass is 14.9. The van der Waals surface area contributed by atoms with Gasteiger partial charge in [0.05, 0.1) is 10.9 Å². The molecule has 0 bridgehead atoms. The summed E-state index contributed by atoms with van der Waals surface area (Å²) in [5, 5.41) is 2.69. The summed E-state index contributed by atoms with van der Waals surface area (Å²) in [5.74, 6) is 0.881. The van der Waals surface area contributed by atoms with Crippen molar-refractivity contribution in [2.75, 3.05) is 0 Å². The molecule has 0 atom stereocenters. The lowest BCUT2D eigenvalue weighted by molar-refractivity contribution is -0.659. The Morgan fingerprint density at radius 3 is 2.43 bits per heavy atom. The molecule has 1 heterocycles. The van der Waals surface area contributed by atoms with Crippen LogP contribution < -0.4 is 4.57 Å². The molecule has 1 aliphatic rings. The van der Waals surface area contributed by atoms with E-state index in [1.165, 1.54) is 76.4 Å². The third kappa shape index (κ3) is 3.65. The molecule has 30 heavy (non-hydrogen) atoms. The molecule has 0 spiro atoms. The second-order valence-electron chi connectivity index (χ2n) is 8.95. The Hall–Kier alpha value is -2.93. The Labute approximate surface area is 180 Å². The molecule has 1 nitrogen and oxygen atoms in total. The fourth-order valence-corrected chi connectivity index (χ4v) is 5.12. The SMILES string of the molecule is Cc1ccc(-c2ccccc2)cc1-c1c2ccc(CC3CCCC3)cc2cc[n+]1C. The summed E-state index contributed by atoms with van der Waals surface area (Å²) in [6.45, 7) is 2.22. The number of rotatable bonds is 4. The van der Waals surface area contributed by atoms with E-state index in [2.05, 4.69) is 97.5 Å². The van der Waals surface area contributed by atoms with Crippen molar-refractivity contribution in [2.45, 2.75) is 39.0 Å².